The summed E-state index contributed by atoms with van der Waals surface area (Å²) in [5.74, 6) is 0.815. The summed E-state index contributed by atoms with van der Waals surface area (Å²) in [4.78, 5) is 0. The first kappa shape index (κ1) is 12.0. The van der Waals surface area contributed by atoms with Crippen molar-refractivity contribution in [3.63, 3.8) is 0 Å². The largest absolute Gasteiger partial charge is 0.106 e. The van der Waals surface area contributed by atoms with E-state index in [2.05, 4.69) is 57.3 Å². The van der Waals surface area contributed by atoms with Crippen molar-refractivity contribution >= 4 is 0 Å². The summed E-state index contributed by atoms with van der Waals surface area (Å²) in [5, 5.41) is 0. The molecule has 1 rings (SSSR count). The molecule has 0 spiro atoms. The molecule has 1 aromatic carbocycles. The van der Waals surface area contributed by atoms with Crippen LogP contribution in [0.15, 0.2) is 43.5 Å². The lowest BCUT2D eigenvalue weighted by molar-refractivity contribution is 0.587. The fourth-order valence-electron chi connectivity index (χ4n) is 1.10. The van der Waals surface area contributed by atoms with E-state index in [9.17, 15) is 0 Å². The van der Waals surface area contributed by atoms with E-state index < -0.39 is 0 Å². The van der Waals surface area contributed by atoms with E-state index in [0.29, 0.717) is 0 Å². The normalized spacial score (nSPS) is 9.15. The van der Waals surface area contributed by atoms with Crippen LogP contribution in [0, 0.1) is 5.92 Å². The van der Waals surface area contributed by atoms with Gasteiger partial charge in [0.15, 0.2) is 0 Å². The van der Waals surface area contributed by atoms with Crippen molar-refractivity contribution in [2.45, 2.75) is 26.7 Å². The van der Waals surface area contributed by atoms with Crippen molar-refractivity contribution in [2.24, 2.45) is 5.92 Å². The first-order chi connectivity index (χ1) is 6.29. The quantitative estimate of drug-likeness (QED) is 0.609. The standard InChI is InChI=1S/C11H16.C2H4/c1-10(2)8-9-11-6-4-3-5-7-11;1-2/h3-7,10H,8-9H2,1-2H3;1-2H2. The number of hydrogen-bond acceptors (Lipinski definition) is 0. The van der Waals surface area contributed by atoms with Crippen LogP contribution in [0.4, 0.5) is 0 Å². The van der Waals surface area contributed by atoms with Crippen molar-refractivity contribution in [2.75, 3.05) is 0 Å². The Hall–Kier alpha value is -1.04. The summed E-state index contributed by atoms with van der Waals surface area (Å²) in [7, 11) is 0. The van der Waals surface area contributed by atoms with Crippen molar-refractivity contribution in [3.05, 3.63) is 49.1 Å². The molecule has 1 aromatic rings. The molecule has 0 aliphatic heterocycles. The van der Waals surface area contributed by atoms with E-state index in [0.717, 1.165) is 5.92 Å². The zero-order valence-electron chi connectivity index (χ0n) is 8.79. The molecule has 0 nitrogen and oxygen atoms in total. The second-order valence-electron chi connectivity index (χ2n) is 3.42. The molecule has 72 valence electrons. The average molecular weight is 176 g/mol. The highest BCUT2D eigenvalue weighted by Crippen LogP contribution is 2.07. The van der Waals surface area contributed by atoms with Crippen molar-refractivity contribution < 1.29 is 0 Å². The Balaban J connectivity index is 0.000000671. The minimum absolute atomic E-state index is 0.815. The van der Waals surface area contributed by atoms with Gasteiger partial charge in [0.25, 0.3) is 0 Å². The highest BCUT2D eigenvalue weighted by atomic mass is 14.0. The Morgan fingerprint density at radius 2 is 1.62 bits per heavy atom. The van der Waals surface area contributed by atoms with Crippen LogP contribution >= 0.6 is 0 Å². The molecule has 0 saturated carbocycles. The summed E-state index contributed by atoms with van der Waals surface area (Å²) in [6.07, 6.45) is 2.52. The lowest BCUT2D eigenvalue weighted by Crippen LogP contribution is -1.91. The molecule has 0 heterocycles. The molecule has 13 heavy (non-hydrogen) atoms. The van der Waals surface area contributed by atoms with Crippen LogP contribution in [0.1, 0.15) is 25.8 Å². The zero-order valence-corrected chi connectivity index (χ0v) is 8.79. The van der Waals surface area contributed by atoms with E-state index in [1.165, 1.54) is 18.4 Å². The van der Waals surface area contributed by atoms with Gasteiger partial charge in [0.2, 0.25) is 0 Å². The SMILES string of the molecule is C=C.CC(C)CCc1ccccc1. The molecule has 0 radical (unpaired) electrons. The Kier molecular flexibility index (Phi) is 6.99. The van der Waals surface area contributed by atoms with E-state index in [1.807, 2.05) is 0 Å². The van der Waals surface area contributed by atoms with Crippen LogP contribution in [0.25, 0.3) is 0 Å². The third-order valence-electron chi connectivity index (χ3n) is 1.85. The molecule has 0 aromatic heterocycles. The molecule has 0 aliphatic rings. The van der Waals surface area contributed by atoms with Gasteiger partial charge in [-0.15, -0.1) is 13.2 Å². The lowest BCUT2D eigenvalue weighted by Gasteiger charge is -2.03. The number of rotatable bonds is 3. The Bertz CT molecular complexity index is 199. The minimum Gasteiger partial charge on any atom is -0.106 e. The first-order valence-electron chi connectivity index (χ1n) is 4.83. The summed E-state index contributed by atoms with van der Waals surface area (Å²) in [5.41, 5.74) is 1.46. The molecule has 0 bridgehead atoms. The monoisotopic (exact) mass is 176 g/mol. The molecule has 0 N–H and O–H groups in total. The maximum absolute atomic E-state index is 3.00. The van der Waals surface area contributed by atoms with Gasteiger partial charge < -0.3 is 0 Å². The molecule has 0 saturated heterocycles. The van der Waals surface area contributed by atoms with Crippen LogP contribution < -0.4 is 0 Å². The van der Waals surface area contributed by atoms with Crippen LogP contribution in [-0.2, 0) is 6.42 Å². The second kappa shape index (κ2) is 7.60. The van der Waals surface area contributed by atoms with E-state index in [4.69, 9.17) is 0 Å². The summed E-state index contributed by atoms with van der Waals surface area (Å²) >= 11 is 0. The van der Waals surface area contributed by atoms with E-state index in [-0.39, 0.29) is 0 Å². The third-order valence-corrected chi connectivity index (χ3v) is 1.85. The summed E-state index contributed by atoms with van der Waals surface area (Å²) < 4.78 is 0. The smallest absolute Gasteiger partial charge is 0.0276 e. The van der Waals surface area contributed by atoms with Gasteiger partial charge in [-0.25, -0.2) is 0 Å². The number of benzene rings is 1. The predicted molar refractivity (Wildman–Crippen MR) is 60.9 cm³/mol. The maximum atomic E-state index is 3.00. The van der Waals surface area contributed by atoms with Gasteiger partial charge >= 0.3 is 0 Å². The Labute approximate surface area is 82.3 Å². The Morgan fingerprint density at radius 3 is 2.08 bits per heavy atom. The fraction of sp³-hybridized carbons (Fsp3) is 0.385. The number of aryl methyl sites for hydroxylation is 1. The van der Waals surface area contributed by atoms with Crippen molar-refractivity contribution in [3.8, 4) is 0 Å². The average Bonchev–Trinajstić information content (AvgIpc) is 2.19. The second-order valence-corrected chi connectivity index (χ2v) is 3.42. The minimum atomic E-state index is 0.815. The summed E-state index contributed by atoms with van der Waals surface area (Å²) in [6, 6.07) is 10.7. The van der Waals surface area contributed by atoms with Gasteiger partial charge in [-0.3, -0.25) is 0 Å². The molecule has 0 fully saturated rings. The zero-order chi connectivity index (χ0) is 10.1. The molecule has 0 aliphatic carbocycles. The molecule has 0 atom stereocenters. The first-order valence-corrected chi connectivity index (χ1v) is 4.83. The molecule has 0 unspecified atom stereocenters. The predicted octanol–water partition coefficient (Wildman–Crippen LogP) is 4.08. The topological polar surface area (TPSA) is 0 Å². The summed E-state index contributed by atoms with van der Waals surface area (Å²) in [6.45, 7) is 10.5. The van der Waals surface area contributed by atoms with Crippen LogP contribution in [0.2, 0.25) is 0 Å². The Morgan fingerprint density at radius 1 is 1.08 bits per heavy atom. The lowest BCUT2D eigenvalue weighted by atomic mass is 10.0. The third kappa shape index (κ3) is 6.15. The molecule has 0 amide bonds. The van der Waals surface area contributed by atoms with E-state index >= 15 is 0 Å². The van der Waals surface area contributed by atoms with Crippen LogP contribution in [0.5, 0.6) is 0 Å². The highest BCUT2D eigenvalue weighted by molar-refractivity contribution is 5.14. The molecule has 0 heteroatoms. The van der Waals surface area contributed by atoms with Gasteiger partial charge in [0.05, 0.1) is 0 Å². The van der Waals surface area contributed by atoms with Crippen LogP contribution in [-0.4, -0.2) is 0 Å². The van der Waals surface area contributed by atoms with Gasteiger partial charge in [0, 0.05) is 0 Å². The van der Waals surface area contributed by atoms with Crippen LogP contribution in [0.3, 0.4) is 0 Å². The fourth-order valence-corrected chi connectivity index (χ4v) is 1.10. The van der Waals surface area contributed by atoms with Gasteiger partial charge in [-0.1, -0.05) is 44.2 Å². The molecular formula is C13H20. The van der Waals surface area contributed by atoms with Gasteiger partial charge in [-0.2, -0.15) is 0 Å². The van der Waals surface area contributed by atoms with E-state index in [1.54, 1.807) is 0 Å². The number of hydrogen-bond donors (Lipinski definition) is 0. The van der Waals surface area contributed by atoms with Gasteiger partial charge in [-0.05, 0) is 24.3 Å². The maximum Gasteiger partial charge on any atom is -0.0276 e. The molecular weight excluding hydrogens is 156 g/mol. The van der Waals surface area contributed by atoms with Gasteiger partial charge in [0.1, 0.15) is 0 Å². The highest BCUT2D eigenvalue weighted by Gasteiger charge is 1.94. The van der Waals surface area contributed by atoms with Crippen molar-refractivity contribution in [1.29, 1.82) is 0 Å². The van der Waals surface area contributed by atoms with Crippen molar-refractivity contribution in [1.82, 2.24) is 0 Å².